The molecule has 0 aromatic heterocycles. The molecule has 4 nitrogen and oxygen atoms in total. The maximum atomic E-state index is 11.9. The number of nitrogens with one attached hydrogen (secondary N) is 1. The lowest BCUT2D eigenvalue weighted by Gasteiger charge is -2.47. The molecule has 2 atom stereocenters. The number of hydrogen-bond acceptors (Lipinski definition) is 3. The molecule has 1 fully saturated rings. The average molecular weight is 256 g/mol. The van der Waals surface area contributed by atoms with Crippen LogP contribution in [0, 0.1) is 11.3 Å². The lowest BCUT2D eigenvalue weighted by atomic mass is 9.64. The van der Waals surface area contributed by atoms with Gasteiger partial charge in [-0.05, 0) is 44.7 Å². The van der Waals surface area contributed by atoms with Crippen LogP contribution in [-0.4, -0.2) is 48.7 Å². The normalized spacial score (nSPS) is 31.4. The molecule has 0 aromatic rings. The van der Waals surface area contributed by atoms with Crippen molar-refractivity contribution in [3.63, 3.8) is 0 Å². The van der Waals surface area contributed by atoms with Crippen LogP contribution in [0.3, 0.4) is 0 Å². The number of nitrogens with zero attached hydrogens (tertiary/aromatic N) is 1. The Hall–Kier alpha value is -0.610. The summed E-state index contributed by atoms with van der Waals surface area (Å²) >= 11 is 0. The van der Waals surface area contributed by atoms with E-state index in [1.807, 2.05) is 19.0 Å². The molecule has 4 heteroatoms. The van der Waals surface area contributed by atoms with Crippen LogP contribution in [0.1, 0.15) is 40.0 Å². The number of aliphatic hydroxyl groups is 1. The highest BCUT2D eigenvalue weighted by Gasteiger charge is 2.43. The van der Waals surface area contributed by atoms with Crippen molar-refractivity contribution in [1.82, 2.24) is 10.2 Å². The van der Waals surface area contributed by atoms with Gasteiger partial charge in [-0.3, -0.25) is 4.79 Å². The summed E-state index contributed by atoms with van der Waals surface area (Å²) in [7, 11) is 3.75. The predicted octanol–water partition coefficient (Wildman–Crippen LogP) is 1.24. The van der Waals surface area contributed by atoms with Gasteiger partial charge in [0, 0.05) is 0 Å². The van der Waals surface area contributed by atoms with Crippen molar-refractivity contribution >= 4 is 5.91 Å². The number of aliphatic hydroxyl groups excluding tert-OH is 1. The number of hydrogen-bond donors (Lipinski definition) is 2. The SMILES string of the molecule is CC1CC(C)(C)CC(CO)(NC(=O)CN(C)C)C1. The van der Waals surface area contributed by atoms with Crippen molar-refractivity contribution in [1.29, 1.82) is 0 Å². The summed E-state index contributed by atoms with van der Waals surface area (Å²) in [6.45, 7) is 7.02. The molecule has 0 saturated heterocycles. The monoisotopic (exact) mass is 256 g/mol. The van der Waals surface area contributed by atoms with Gasteiger partial charge in [0.2, 0.25) is 5.91 Å². The van der Waals surface area contributed by atoms with E-state index in [2.05, 4.69) is 26.1 Å². The van der Waals surface area contributed by atoms with Crippen molar-refractivity contribution in [2.45, 2.75) is 45.6 Å². The van der Waals surface area contributed by atoms with Gasteiger partial charge in [0.1, 0.15) is 0 Å². The first-order chi connectivity index (χ1) is 8.18. The van der Waals surface area contributed by atoms with E-state index < -0.39 is 5.54 Å². The van der Waals surface area contributed by atoms with Crippen molar-refractivity contribution in [2.75, 3.05) is 27.2 Å². The molecule has 0 heterocycles. The summed E-state index contributed by atoms with van der Waals surface area (Å²) in [6, 6.07) is 0. The summed E-state index contributed by atoms with van der Waals surface area (Å²) in [5.41, 5.74) is -0.264. The number of carbonyl (C=O) groups is 1. The van der Waals surface area contributed by atoms with Gasteiger partial charge < -0.3 is 15.3 Å². The smallest absolute Gasteiger partial charge is 0.234 e. The molecule has 0 aromatic carbocycles. The topological polar surface area (TPSA) is 52.6 Å². The Kier molecular flexibility index (Phi) is 4.78. The Morgan fingerprint density at radius 2 is 2.00 bits per heavy atom. The third-order valence-electron chi connectivity index (χ3n) is 3.62. The first-order valence-corrected chi connectivity index (χ1v) is 6.75. The van der Waals surface area contributed by atoms with Gasteiger partial charge in [-0.25, -0.2) is 0 Å². The number of likely N-dealkylation sites (N-methyl/N-ethyl adjacent to an activating group) is 1. The number of amides is 1. The van der Waals surface area contributed by atoms with Crippen molar-refractivity contribution in [2.24, 2.45) is 11.3 Å². The molecular weight excluding hydrogens is 228 g/mol. The quantitative estimate of drug-likeness (QED) is 0.796. The Balaban J connectivity index is 2.75. The van der Waals surface area contributed by atoms with Crippen LogP contribution >= 0.6 is 0 Å². The van der Waals surface area contributed by atoms with E-state index in [-0.39, 0.29) is 17.9 Å². The molecule has 0 spiro atoms. The third-order valence-corrected chi connectivity index (χ3v) is 3.62. The minimum atomic E-state index is -0.436. The summed E-state index contributed by atoms with van der Waals surface area (Å²) < 4.78 is 0. The molecule has 1 aliphatic carbocycles. The van der Waals surface area contributed by atoms with Crippen LogP contribution in [0.25, 0.3) is 0 Å². The zero-order valence-corrected chi connectivity index (χ0v) is 12.4. The zero-order valence-electron chi connectivity index (χ0n) is 12.4. The second-order valence-corrected chi connectivity index (χ2v) is 7.08. The molecule has 0 aliphatic heterocycles. The Morgan fingerprint density at radius 3 is 2.44 bits per heavy atom. The standard InChI is InChI=1S/C14H28N2O2/c1-11-6-13(2,3)9-14(7-11,10-17)15-12(18)8-16(4)5/h11,17H,6-10H2,1-5H3,(H,15,18). The number of rotatable bonds is 4. The maximum Gasteiger partial charge on any atom is 0.234 e. The fourth-order valence-electron chi connectivity index (χ4n) is 3.62. The fourth-order valence-corrected chi connectivity index (χ4v) is 3.62. The average Bonchev–Trinajstić information content (AvgIpc) is 2.12. The fraction of sp³-hybridized carbons (Fsp3) is 0.929. The lowest BCUT2D eigenvalue weighted by Crippen LogP contribution is -2.58. The van der Waals surface area contributed by atoms with Gasteiger partial charge in [-0.2, -0.15) is 0 Å². The molecule has 1 rings (SSSR count). The molecule has 0 radical (unpaired) electrons. The van der Waals surface area contributed by atoms with Crippen molar-refractivity contribution in [3.05, 3.63) is 0 Å². The minimum absolute atomic E-state index is 0.000972. The van der Waals surface area contributed by atoms with Gasteiger partial charge in [-0.15, -0.1) is 0 Å². The second-order valence-electron chi connectivity index (χ2n) is 7.08. The van der Waals surface area contributed by atoms with Crippen LogP contribution in [0.2, 0.25) is 0 Å². The molecule has 18 heavy (non-hydrogen) atoms. The molecule has 0 bridgehead atoms. The van der Waals surface area contributed by atoms with E-state index >= 15 is 0 Å². The molecule has 2 N–H and O–H groups in total. The molecular formula is C14H28N2O2. The van der Waals surface area contributed by atoms with Gasteiger partial charge in [0.15, 0.2) is 0 Å². The summed E-state index contributed by atoms with van der Waals surface area (Å²) in [5, 5.41) is 12.8. The maximum absolute atomic E-state index is 11.9. The van der Waals surface area contributed by atoms with E-state index in [4.69, 9.17) is 0 Å². The predicted molar refractivity (Wildman–Crippen MR) is 73.3 cm³/mol. The third kappa shape index (κ3) is 4.25. The molecule has 2 unspecified atom stereocenters. The molecule has 1 amide bonds. The highest BCUT2D eigenvalue weighted by molar-refractivity contribution is 5.78. The van der Waals surface area contributed by atoms with E-state index in [1.54, 1.807) is 0 Å². The molecule has 1 aliphatic rings. The summed E-state index contributed by atoms with van der Waals surface area (Å²) in [5.74, 6) is 0.527. The Morgan fingerprint density at radius 1 is 1.39 bits per heavy atom. The van der Waals surface area contributed by atoms with Crippen LogP contribution in [0.4, 0.5) is 0 Å². The van der Waals surface area contributed by atoms with Crippen molar-refractivity contribution < 1.29 is 9.90 Å². The highest BCUT2D eigenvalue weighted by Crippen LogP contribution is 2.43. The van der Waals surface area contributed by atoms with Gasteiger partial charge in [-0.1, -0.05) is 20.8 Å². The van der Waals surface area contributed by atoms with Gasteiger partial charge in [0.25, 0.3) is 0 Å². The van der Waals surface area contributed by atoms with Crippen LogP contribution in [-0.2, 0) is 4.79 Å². The lowest BCUT2D eigenvalue weighted by molar-refractivity contribution is -0.125. The Bertz CT molecular complexity index is 302. The molecule has 106 valence electrons. The Labute approximate surface area is 111 Å². The van der Waals surface area contributed by atoms with Crippen molar-refractivity contribution in [3.8, 4) is 0 Å². The minimum Gasteiger partial charge on any atom is -0.394 e. The highest BCUT2D eigenvalue weighted by atomic mass is 16.3. The van der Waals surface area contributed by atoms with E-state index in [1.165, 1.54) is 0 Å². The van der Waals surface area contributed by atoms with E-state index in [9.17, 15) is 9.90 Å². The second kappa shape index (κ2) is 5.57. The van der Waals surface area contributed by atoms with Gasteiger partial charge >= 0.3 is 0 Å². The zero-order chi connectivity index (χ0) is 14.0. The van der Waals surface area contributed by atoms with Crippen LogP contribution < -0.4 is 5.32 Å². The summed E-state index contributed by atoms with van der Waals surface area (Å²) in [6.07, 6.45) is 2.87. The van der Waals surface area contributed by atoms with Crippen LogP contribution in [0.5, 0.6) is 0 Å². The largest absolute Gasteiger partial charge is 0.394 e. The van der Waals surface area contributed by atoms with E-state index in [0.717, 1.165) is 19.3 Å². The van der Waals surface area contributed by atoms with Crippen LogP contribution in [0.15, 0.2) is 0 Å². The van der Waals surface area contributed by atoms with E-state index in [0.29, 0.717) is 12.5 Å². The molecule has 1 saturated carbocycles. The van der Waals surface area contributed by atoms with Gasteiger partial charge in [0.05, 0.1) is 18.7 Å². The summed E-state index contributed by atoms with van der Waals surface area (Å²) in [4.78, 5) is 13.8. The first-order valence-electron chi connectivity index (χ1n) is 6.75. The number of carbonyl (C=O) groups excluding carboxylic acids is 1. The first kappa shape index (κ1) is 15.4.